The summed E-state index contributed by atoms with van der Waals surface area (Å²) in [4.78, 5) is 0. The SMILES string of the molecule is O=S1Cc2cc3c(c(C4=CCCC4)c2C1)CCCC3. The van der Waals surface area contributed by atoms with Crippen LogP contribution < -0.4 is 0 Å². The Balaban J connectivity index is 1.95. The second-order valence-corrected chi connectivity index (χ2v) is 7.54. The fourth-order valence-corrected chi connectivity index (χ4v) is 5.34. The molecular formula is C17H20OS. The molecule has 1 heterocycles. The summed E-state index contributed by atoms with van der Waals surface area (Å²) in [5.41, 5.74) is 9.10. The molecule has 0 aromatic heterocycles. The summed E-state index contributed by atoms with van der Waals surface area (Å²) in [6.07, 6.45) is 11.3. The Morgan fingerprint density at radius 3 is 2.63 bits per heavy atom. The van der Waals surface area contributed by atoms with Gasteiger partial charge in [-0.2, -0.15) is 0 Å². The number of fused-ring (bicyclic) bond motifs is 2. The van der Waals surface area contributed by atoms with E-state index in [0.29, 0.717) is 0 Å². The number of aryl methyl sites for hydroxylation is 1. The van der Waals surface area contributed by atoms with Gasteiger partial charge in [-0.1, -0.05) is 12.1 Å². The van der Waals surface area contributed by atoms with Crippen molar-refractivity contribution in [1.29, 1.82) is 0 Å². The highest BCUT2D eigenvalue weighted by Crippen LogP contribution is 2.41. The molecule has 1 unspecified atom stereocenters. The molecule has 1 aliphatic heterocycles. The topological polar surface area (TPSA) is 17.1 Å². The monoisotopic (exact) mass is 272 g/mol. The lowest BCUT2D eigenvalue weighted by Gasteiger charge is -2.23. The van der Waals surface area contributed by atoms with Gasteiger partial charge in [0, 0.05) is 22.3 Å². The molecule has 19 heavy (non-hydrogen) atoms. The molecule has 1 aromatic carbocycles. The number of allylic oxidation sites excluding steroid dienone is 2. The summed E-state index contributed by atoms with van der Waals surface area (Å²) in [6.45, 7) is 0. The number of hydrogen-bond donors (Lipinski definition) is 0. The lowest BCUT2D eigenvalue weighted by Crippen LogP contribution is -2.09. The van der Waals surface area contributed by atoms with E-state index in [-0.39, 0.29) is 0 Å². The van der Waals surface area contributed by atoms with E-state index in [2.05, 4.69) is 12.1 Å². The number of hydrogen-bond acceptors (Lipinski definition) is 1. The van der Waals surface area contributed by atoms with Crippen molar-refractivity contribution in [2.24, 2.45) is 0 Å². The maximum absolute atomic E-state index is 12.0. The third-order valence-electron chi connectivity index (χ3n) is 4.83. The highest BCUT2D eigenvalue weighted by molar-refractivity contribution is 7.83. The minimum absolute atomic E-state index is 0.657. The molecule has 100 valence electrons. The molecule has 0 saturated heterocycles. The molecule has 0 fully saturated rings. The predicted octanol–water partition coefficient (Wildman–Crippen LogP) is 3.90. The first kappa shape index (κ1) is 11.9. The van der Waals surface area contributed by atoms with Gasteiger partial charge in [0.05, 0.1) is 0 Å². The largest absolute Gasteiger partial charge is 0.259 e. The van der Waals surface area contributed by atoms with E-state index >= 15 is 0 Å². The van der Waals surface area contributed by atoms with Crippen molar-refractivity contribution in [3.05, 3.63) is 40.0 Å². The summed E-state index contributed by atoms with van der Waals surface area (Å²) in [7, 11) is -0.657. The Hall–Kier alpha value is -0.890. The normalized spacial score (nSPS) is 25.1. The van der Waals surface area contributed by atoms with E-state index in [4.69, 9.17) is 0 Å². The summed E-state index contributed by atoms with van der Waals surface area (Å²) in [6, 6.07) is 2.38. The second-order valence-electron chi connectivity index (χ2n) is 6.08. The molecular weight excluding hydrogens is 252 g/mol. The molecule has 1 aromatic rings. The maximum atomic E-state index is 12.0. The second kappa shape index (κ2) is 4.59. The summed E-state index contributed by atoms with van der Waals surface area (Å²) in [5, 5.41) is 0. The fraction of sp³-hybridized carbons (Fsp3) is 0.529. The molecule has 1 atom stereocenters. The van der Waals surface area contributed by atoms with Gasteiger partial charge in [-0.05, 0) is 78.3 Å². The van der Waals surface area contributed by atoms with Gasteiger partial charge in [-0.15, -0.1) is 0 Å². The molecule has 0 N–H and O–H groups in total. The molecule has 0 spiro atoms. The lowest BCUT2D eigenvalue weighted by molar-refractivity contribution is 0.682. The van der Waals surface area contributed by atoms with E-state index < -0.39 is 10.8 Å². The first-order chi connectivity index (χ1) is 9.33. The number of benzene rings is 1. The van der Waals surface area contributed by atoms with Crippen molar-refractivity contribution in [1.82, 2.24) is 0 Å². The summed E-state index contributed by atoms with van der Waals surface area (Å²) < 4.78 is 12.0. The van der Waals surface area contributed by atoms with Gasteiger partial charge >= 0.3 is 0 Å². The molecule has 3 aliphatic rings. The smallest absolute Gasteiger partial charge is 0.0498 e. The van der Waals surface area contributed by atoms with E-state index in [1.807, 2.05) is 0 Å². The van der Waals surface area contributed by atoms with E-state index in [9.17, 15) is 4.21 Å². The molecule has 2 aliphatic carbocycles. The fourth-order valence-electron chi connectivity index (χ4n) is 3.98. The summed E-state index contributed by atoms with van der Waals surface area (Å²) in [5.74, 6) is 1.60. The average Bonchev–Trinajstić information content (AvgIpc) is 3.03. The van der Waals surface area contributed by atoms with Gasteiger partial charge in [-0.25, -0.2) is 0 Å². The van der Waals surface area contributed by atoms with Crippen molar-refractivity contribution in [2.75, 3.05) is 0 Å². The van der Waals surface area contributed by atoms with Crippen LogP contribution in [-0.4, -0.2) is 4.21 Å². The van der Waals surface area contributed by atoms with E-state index in [1.165, 1.54) is 61.6 Å². The molecule has 0 bridgehead atoms. The average molecular weight is 272 g/mol. The van der Waals surface area contributed by atoms with Crippen LogP contribution in [0.4, 0.5) is 0 Å². The Labute approximate surface area is 117 Å². The molecule has 0 amide bonds. The Bertz CT molecular complexity index is 598. The van der Waals surface area contributed by atoms with Crippen molar-refractivity contribution in [3.8, 4) is 0 Å². The highest BCUT2D eigenvalue weighted by Gasteiger charge is 2.28. The Morgan fingerprint density at radius 1 is 0.895 bits per heavy atom. The standard InChI is InChI=1S/C17H20OS/c18-19-10-14-9-13-7-3-4-8-15(13)17(16(14)11-19)12-5-1-2-6-12/h5,9H,1-4,6-8,10-11H2. The van der Waals surface area contributed by atoms with Gasteiger partial charge in [-0.3, -0.25) is 4.21 Å². The van der Waals surface area contributed by atoms with Gasteiger partial charge in [0.25, 0.3) is 0 Å². The van der Waals surface area contributed by atoms with E-state index in [0.717, 1.165) is 11.5 Å². The predicted molar refractivity (Wildman–Crippen MR) is 80.5 cm³/mol. The van der Waals surface area contributed by atoms with Crippen LogP contribution in [0.3, 0.4) is 0 Å². The zero-order valence-electron chi connectivity index (χ0n) is 11.3. The molecule has 1 nitrogen and oxygen atoms in total. The highest BCUT2D eigenvalue weighted by atomic mass is 32.2. The molecule has 0 radical (unpaired) electrons. The maximum Gasteiger partial charge on any atom is 0.0498 e. The molecule has 4 rings (SSSR count). The minimum Gasteiger partial charge on any atom is -0.259 e. The molecule has 0 saturated carbocycles. The van der Waals surface area contributed by atoms with Gasteiger partial charge in [0.15, 0.2) is 0 Å². The van der Waals surface area contributed by atoms with Crippen molar-refractivity contribution in [2.45, 2.75) is 56.5 Å². The van der Waals surface area contributed by atoms with Crippen LogP contribution in [0.15, 0.2) is 12.1 Å². The van der Waals surface area contributed by atoms with Gasteiger partial charge in [0.1, 0.15) is 0 Å². The van der Waals surface area contributed by atoms with Crippen molar-refractivity contribution >= 4 is 16.4 Å². The first-order valence-electron chi connectivity index (χ1n) is 7.54. The zero-order valence-corrected chi connectivity index (χ0v) is 12.2. The van der Waals surface area contributed by atoms with Crippen LogP contribution in [0.2, 0.25) is 0 Å². The third-order valence-corrected chi connectivity index (χ3v) is 6.08. The number of rotatable bonds is 1. The van der Waals surface area contributed by atoms with Crippen molar-refractivity contribution < 1.29 is 4.21 Å². The van der Waals surface area contributed by atoms with E-state index in [1.54, 1.807) is 16.7 Å². The molecule has 2 heteroatoms. The Morgan fingerprint density at radius 2 is 1.79 bits per heavy atom. The first-order valence-corrected chi connectivity index (χ1v) is 9.02. The van der Waals surface area contributed by atoms with Gasteiger partial charge in [0.2, 0.25) is 0 Å². The van der Waals surface area contributed by atoms with Gasteiger partial charge < -0.3 is 0 Å². The quantitative estimate of drug-likeness (QED) is 0.758. The minimum atomic E-state index is -0.657. The van der Waals surface area contributed by atoms with Crippen LogP contribution in [0, 0.1) is 0 Å². The van der Waals surface area contributed by atoms with Crippen LogP contribution in [-0.2, 0) is 35.1 Å². The van der Waals surface area contributed by atoms with Crippen molar-refractivity contribution in [3.63, 3.8) is 0 Å². The zero-order chi connectivity index (χ0) is 12.8. The van der Waals surface area contributed by atoms with Crippen LogP contribution in [0.25, 0.3) is 5.57 Å². The summed E-state index contributed by atoms with van der Waals surface area (Å²) >= 11 is 0. The van der Waals surface area contributed by atoms with Crippen LogP contribution in [0.1, 0.15) is 59.9 Å². The van der Waals surface area contributed by atoms with Crippen LogP contribution in [0.5, 0.6) is 0 Å². The third kappa shape index (κ3) is 1.92. The van der Waals surface area contributed by atoms with Crippen LogP contribution >= 0.6 is 0 Å². The lowest BCUT2D eigenvalue weighted by atomic mass is 9.81. The Kier molecular flexibility index (Phi) is 2.87.